The molecule has 1 amide bonds. The number of hydrogen-bond acceptors (Lipinski definition) is 3. The minimum Gasteiger partial charge on any atom is -0.351 e. The van der Waals surface area contributed by atoms with Crippen LogP contribution in [-0.4, -0.2) is 33.7 Å². The molecule has 2 N–H and O–H groups in total. The number of H-pyrrole nitrogens is 1. The number of nitrogens with zero attached hydrogens (tertiary/aromatic N) is 1. The van der Waals surface area contributed by atoms with E-state index in [1.807, 2.05) is 24.5 Å². The van der Waals surface area contributed by atoms with Crippen LogP contribution in [0, 0.1) is 0 Å². The van der Waals surface area contributed by atoms with Crippen LogP contribution in [0.25, 0.3) is 10.9 Å². The van der Waals surface area contributed by atoms with Gasteiger partial charge in [0.1, 0.15) is 0 Å². The summed E-state index contributed by atoms with van der Waals surface area (Å²) in [5.74, 6) is -0.0476. The van der Waals surface area contributed by atoms with Crippen molar-refractivity contribution < 1.29 is 4.79 Å². The minimum atomic E-state index is -0.0476. The lowest BCUT2D eigenvalue weighted by Crippen LogP contribution is -2.36. The average Bonchev–Trinajstić information content (AvgIpc) is 2.83. The largest absolute Gasteiger partial charge is 0.351 e. The van der Waals surface area contributed by atoms with Gasteiger partial charge in [-0.25, -0.2) is 0 Å². The number of rotatable bonds is 4. The highest BCUT2D eigenvalue weighted by Crippen LogP contribution is 2.20. The van der Waals surface area contributed by atoms with E-state index in [4.69, 9.17) is 0 Å². The second-order valence-electron chi connectivity index (χ2n) is 4.82. The predicted molar refractivity (Wildman–Crippen MR) is 76.0 cm³/mol. The fourth-order valence-electron chi connectivity index (χ4n) is 1.55. The van der Waals surface area contributed by atoms with Crippen molar-refractivity contribution in [3.63, 3.8) is 0 Å². The average molecular weight is 263 g/mol. The molecular formula is C13H17N3OS. The maximum absolute atomic E-state index is 12.0. The highest BCUT2D eigenvalue weighted by Gasteiger charge is 2.17. The minimum absolute atomic E-state index is 0.0476. The Balaban J connectivity index is 2.08. The summed E-state index contributed by atoms with van der Waals surface area (Å²) in [5, 5.41) is 10.8. The molecule has 0 saturated heterocycles. The molecule has 1 aromatic heterocycles. The van der Waals surface area contributed by atoms with Gasteiger partial charge in [-0.2, -0.15) is 16.9 Å². The van der Waals surface area contributed by atoms with Gasteiger partial charge in [0.05, 0.1) is 11.7 Å². The van der Waals surface area contributed by atoms with Gasteiger partial charge in [-0.15, -0.1) is 0 Å². The number of carbonyl (C=O) groups is 1. The van der Waals surface area contributed by atoms with E-state index in [9.17, 15) is 4.79 Å². The van der Waals surface area contributed by atoms with Gasteiger partial charge in [-0.1, -0.05) is 6.07 Å². The monoisotopic (exact) mass is 263 g/mol. The summed E-state index contributed by atoms with van der Waals surface area (Å²) < 4.78 is 0.0494. The molecule has 1 heterocycles. The van der Waals surface area contributed by atoms with Crippen LogP contribution in [-0.2, 0) is 0 Å². The van der Waals surface area contributed by atoms with E-state index in [-0.39, 0.29) is 10.7 Å². The number of fused-ring (bicyclic) bond motifs is 1. The highest BCUT2D eigenvalue weighted by atomic mass is 32.2. The number of aromatic amines is 1. The van der Waals surface area contributed by atoms with Crippen molar-refractivity contribution in [2.75, 3.05) is 12.8 Å². The standard InChI is InChI=1S/C13H17N3OS/c1-13(2,18-3)8-14-12(17)9-4-5-10-7-15-16-11(10)6-9/h4-7H,8H2,1-3H3,(H,14,17)(H,15,16). The fraction of sp³-hybridized carbons (Fsp3) is 0.385. The summed E-state index contributed by atoms with van der Waals surface area (Å²) >= 11 is 1.74. The van der Waals surface area contributed by atoms with Crippen molar-refractivity contribution in [3.8, 4) is 0 Å². The van der Waals surface area contributed by atoms with Gasteiger partial charge in [-0.05, 0) is 32.2 Å². The van der Waals surface area contributed by atoms with E-state index in [0.717, 1.165) is 10.9 Å². The van der Waals surface area contributed by atoms with Gasteiger partial charge >= 0.3 is 0 Å². The van der Waals surface area contributed by atoms with E-state index >= 15 is 0 Å². The van der Waals surface area contributed by atoms with Gasteiger partial charge in [0.25, 0.3) is 5.91 Å². The van der Waals surface area contributed by atoms with Gasteiger partial charge < -0.3 is 5.32 Å². The van der Waals surface area contributed by atoms with Crippen molar-refractivity contribution in [1.29, 1.82) is 0 Å². The third kappa shape index (κ3) is 2.85. The molecule has 0 bridgehead atoms. The lowest BCUT2D eigenvalue weighted by Gasteiger charge is -2.22. The van der Waals surface area contributed by atoms with Gasteiger partial charge in [0.2, 0.25) is 0 Å². The molecule has 0 saturated carbocycles. The Morgan fingerprint density at radius 3 is 3.00 bits per heavy atom. The summed E-state index contributed by atoms with van der Waals surface area (Å²) in [6.07, 6.45) is 3.79. The molecule has 0 unspecified atom stereocenters. The Bertz CT molecular complexity index is 562. The predicted octanol–water partition coefficient (Wildman–Crippen LogP) is 2.43. The summed E-state index contributed by atoms with van der Waals surface area (Å²) in [7, 11) is 0. The lowest BCUT2D eigenvalue weighted by molar-refractivity contribution is 0.0951. The van der Waals surface area contributed by atoms with Gasteiger partial charge in [0, 0.05) is 22.2 Å². The number of nitrogens with one attached hydrogen (secondary N) is 2. The third-order valence-electron chi connectivity index (χ3n) is 2.93. The van der Waals surface area contributed by atoms with Crippen molar-refractivity contribution in [3.05, 3.63) is 30.0 Å². The Kier molecular flexibility index (Phi) is 3.61. The first-order valence-corrected chi connectivity index (χ1v) is 7.01. The van der Waals surface area contributed by atoms with E-state index in [2.05, 4.69) is 29.4 Å². The van der Waals surface area contributed by atoms with Gasteiger partial charge in [-0.3, -0.25) is 9.89 Å². The summed E-state index contributed by atoms with van der Waals surface area (Å²) in [6.45, 7) is 4.86. The maximum atomic E-state index is 12.0. The van der Waals surface area contributed by atoms with Crippen molar-refractivity contribution in [1.82, 2.24) is 15.5 Å². The molecule has 2 rings (SSSR count). The first kappa shape index (κ1) is 13.0. The number of thioether (sulfide) groups is 1. The number of aromatic nitrogens is 2. The third-order valence-corrected chi connectivity index (χ3v) is 4.18. The second kappa shape index (κ2) is 5.02. The van der Waals surface area contributed by atoms with Crippen LogP contribution in [0.1, 0.15) is 24.2 Å². The van der Waals surface area contributed by atoms with Crippen LogP contribution in [0.5, 0.6) is 0 Å². The molecule has 18 heavy (non-hydrogen) atoms. The van der Waals surface area contributed by atoms with Crippen LogP contribution >= 0.6 is 11.8 Å². The molecule has 2 aromatic rings. The normalized spacial score (nSPS) is 11.7. The first-order chi connectivity index (χ1) is 8.52. The lowest BCUT2D eigenvalue weighted by atomic mass is 10.1. The summed E-state index contributed by atoms with van der Waals surface area (Å²) in [4.78, 5) is 12.0. The summed E-state index contributed by atoms with van der Waals surface area (Å²) in [6, 6.07) is 5.54. The van der Waals surface area contributed by atoms with E-state index < -0.39 is 0 Å². The van der Waals surface area contributed by atoms with E-state index in [1.165, 1.54) is 0 Å². The molecule has 0 aliphatic rings. The highest BCUT2D eigenvalue weighted by molar-refractivity contribution is 7.99. The second-order valence-corrected chi connectivity index (χ2v) is 6.33. The zero-order valence-corrected chi connectivity index (χ0v) is 11.6. The number of hydrogen-bond donors (Lipinski definition) is 2. The van der Waals surface area contributed by atoms with Crippen molar-refractivity contribution in [2.24, 2.45) is 0 Å². The Hall–Kier alpha value is -1.49. The van der Waals surface area contributed by atoms with Crippen LogP contribution in [0.4, 0.5) is 0 Å². The van der Waals surface area contributed by atoms with E-state index in [1.54, 1.807) is 18.0 Å². The molecule has 0 aliphatic carbocycles. The molecule has 0 atom stereocenters. The molecule has 0 aliphatic heterocycles. The number of amides is 1. The molecule has 5 heteroatoms. The number of carbonyl (C=O) groups excluding carboxylic acids is 1. The first-order valence-electron chi connectivity index (χ1n) is 5.78. The fourth-order valence-corrected chi connectivity index (χ4v) is 1.76. The van der Waals surface area contributed by atoms with Crippen LogP contribution in [0.15, 0.2) is 24.4 Å². The van der Waals surface area contributed by atoms with Crippen LogP contribution < -0.4 is 5.32 Å². The van der Waals surface area contributed by atoms with Crippen molar-refractivity contribution >= 4 is 28.6 Å². The van der Waals surface area contributed by atoms with E-state index in [0.29, 0.717) is 12.1 Å². The molecular weight excluding hydrogens is 246 g/mol. The quantitative estimate of drug-likeness (QED) is 0.890. The zero-order chi connectivity index (χ0) is 13.2. The Morgan fingerprint density at radius 1 is 1.50 bits per heavy atom. The molecule has 96 valence electrons. The van der Waals surface area contributed by atoms with Gasteiger partial charge in [0.15, 0.2) is 0 Å². The molecule has 4 nitrogen and oxygen atoms in total. The SMILES string of the molecule is CSC(C)(C)CNC(=O)c1ccc2cn[nH]c2c1. The Labute approximate surface area is 111 Å². The Morgan fingerprint density at radius 2 is 2.28 bits per heavy atom. The maximum Gasteiger partial charge on any atom is 0.251 e. The zero-order valence-electron chi connectivity index (χ0n) is 10.8. The van der Waals surface area contributed by atoms with Crippen LogP contribution in [0.2, 0.25) is 0 Å². The smallest absolute Gasteiger partial charge is 0.251 e. The molecule has 1 aromatic carbocycles. The van der Waals surface area contributed by atoms with Crippen molar-refractivity contribution in [2.45, 2.75) is 18.6 Å². The summed E-state index contributed by atoms with van der Waals surface area (Å²) in [5.41, 5.74) is 1.54. The molecule has 0 radical (unpaired) electrons. The number of benzene rings is 1. The molecule has 0 spiro atoms. The van der Waals surface area contributed by atoms with Crippen LogP contribution in [0.3, 0.4) is 0 Å². The molecule has 0 fully saturated rings. The topological polar surface area (TPSA) is 57.8 Å².